The van der Waals surface area contributed by atoms with Crippen molar-refractivity contribution in [2.75, 3.05) is 6.61 Å². The molecule has 0 aliphatic rings. The highest BCUT2D eigenvalue weighted by atomic mass is 16.5. The monoisotopic (exact) mass is 272 g/mol. The van der Waals surface area contributed by atoms with Gasteiger partial charge in [0.1, 0.15) is 23.9 Å². The zero-order chi connectivity index (χ0) is 14.4. The van der Waals surface area contributed by atoms with Gasteiger partial charge in [-0.3, -0.25) is 4.79 Å². The van der Waals surface area contributed by atoms with Crippen LogP contribution in [0.4, 0.5) is 0 Å². The van der Waals surface area contributed by atoms with Gasteiger partial charge in [0.25, 0.3) is 0 Å². The van der Waals surface area contributed by atoms with Crippen LogP contribution in [0.2, 0.25) is 0 Å². The van der Waals surface area contributed by atoms with E-state index in [1.165, 1.54) is 12.1 Å². The zero-order valence-electron chi connectivity index (χ0n) is 10.5. The molecule has 0 bridgehead atoms. The molecular formula is C15H12O5. The minimum atomic E-state index is -1.01. The molecule has 2 aromatic rings. The first-order chi connectivity index (χ1) is 9.69. The summed E-state index contributed by atoms with van der Waals surface area (Å²) < 4.78 is 10.6. The summed E-state index contributed by atoms with van der Waals surface area (Å²) in [4.78, 5) is 21.0. The molecule has 0 spiro atoms. The lowest BCUT2D eigenvalue weighted by molar-refractivity contribution is -0.109. The molecule has 0 amide bonds. The van der Waals surface area contributed by atoms with Crippen LogP contribution in [0.3, 0.4) is 0 Å². The van der Waals surface area contributed by atoms with Gasteiger partial charge < -0.3 is 14.6 Å². The molecule has 20 heavy (non-hydrogen) atoms. The van der Waals surface area contributed by atoms with E-state index in [4.69, 9.17) is 14.6 Å². The molecule has 0 saturated heterocycles. The molecule has 5 heteroatoms. The van der Waals surface area contributed by atoms with Gasteiger partial charge in [-0.15, -0.1) is 0 Å². The Kier molecular flexibility index (Phi) is 4.34. The van der Waals surface area contributed by atoms with E-state index >= 15 is 0 Å². The van der Waals surface area contributed by atoms with Crippen LogP contribution < -0.4 is 9.47 Å². The molecule has 5 nitrogen and oxygen atoms in total. The van der Waals surface area contributed by atoms with Crippen LogP contribution in [-0.4, -0.2) is 24.0 Å². The Balaban J connectivity index is 2.07. The summed E-state index contributed by atoms with van der Waals surface area (Å²) in [5.74, 6) is 0.536. The molecule has 0 unspecified atom stereocenters. The molecular weight excluding hydrogens is 260 g/mol. The van der Waals surface area contributed by atoms with Crippen molar-refractivity contribution in [2.24, 2.45) is 0 Å². The lowest BCUT2D eigenvalue weighted by atomic mass is 10.2. The highest BCUT2D eigenvalue weighted by molar-refractivity contribution is 5.88. The molecule has 0 aromatic heterocycles. The number of ether oxygens (including phenoxy) is 2. The average molecular weight is 272 g/mol. The summed E-state index contributed by atoms with van der Waals surface area (Å²) >= 11 is 0. The van der Waals surface area contributed by atoms with Gasteiger partial charge in [-0.2, -0.15) is 0 Å². The minimum Gasteiger partial charge on any atom is -0.486 e. The molecule has 2 rings (SSSR count). The quantitative estimate of drug-likeness (QED) is 0.818. The van der Waals surface area contributed by atoms with E-state index in [-0.39, 0.29) is 12.2 Å². The fourth-order valence-corrected chi connectivity index (χ4v) is 1.56. The second-order valence-corrected chi connectivity index (χ2v) is 3.88. The molecule has 0 atom stereocenters. The number of carbonyl (C=O) groups excluding carboxylic acids is 1. The van der Waals surface area contributed by atoms with Crippen molar-refractivity contribution in [3.8, 4) is 17.2 Å². The SMILES string of the molecule is O=CCOc1ccc(Oc2cccc(C(=O)O)c2)cc1. The molecule has 0 fully saturated rings. The lowest BCUT2D eigenvalue weighted by Crippen LogP contribution is -1.97. The molecule has 0 radical (unpaired) electrons. The maximum atomic E-state index is 10.9. The van der Waals surface area contributed by atoms with Crippen LogP contribution in [0, 0.1) is 0 Å². The molecule has 0 heterocycles. The largest absolute Gasteiger partial charge is 0.486 e. The number of aldehydes is 1. The molecule has 0 aliphatic heterocycles. The number of carbonyl (C=O) groups is 2. The number of carboxylic acids is 1. The van der Waals surface area contributed by atoms with Gasteiger partial charge in [0.05, 0.1) is 5.56 Å². The Morgan fingerprint density at radius 2 is 1.75 bits per heavy atom. The van der Waals surface area contributed by atoms with Crippen molar-refractivity contribution in [1.29, 1.82) is 0 Å². The predicted octanol–water partition coefficient (Wildman–Crippen LogP) is 2.75. The van der Waals surface area contributed by atoms with Crippen LogP contribution >= 0.6 is 0 Å². The minimum absolute atomic E-state index is 0.000854. The Labute approximate surface area is 115 Å². The van der Waals surface area contributed by atoms with Gasteiger partial charge in [0, 0.05) is 0 Å². The number of aromatic carboxylic acids is 1. The van der Waals surface area contributed by atoms with E-state index in [2.05, 4.69) is 0 Å². The Hall–Kier alpha value is -2.82. The first kappa shape index (κ1) is 13.6. The maximum Gasteiger partial charge on any atom is 0.335 e. The number of hydrogen-bond donors (Lipinski definition) is 1. The number of benzene rings is 2. The van der Waals surface area contributed by atoms with Crippen molar-refractivity contribution in [3.05, 3.63) is 54.1 Å². The average Bonchev–Trinajstić information content (AvgIpc) is 2.47. The van der Waals surface area contributed by atoms with Gasteiger partial charge in [-0.1, -0.05) is 6.07 Å². The second kappa shape index (κ2) is 6.38. The molecule has 2 aromatic carbocycles. The van der Waals surface area contributed by atoms with Crippen molar-refractivity contribution >= 4 is 12.3 Å². The second-order valence-electron chi connectivity index (χ2n) is 3.88. The Bertz CT molecular complexity index is 604. The van der Waals surface area contributed by atoms with E-state index in [0.29, 0.717) is 23.5 Å². The summed E-state index contributed by atoms with van der Waals surface area (Å²) in [6.07, 6.45) is 0.668. The maximum absolute atomic E-state index is 10.9. The van der Waals surface area contributed by atoms with Crippen molar-refractivity contribution < 1.29 is 24.2 Å². The third kappa shape index (κ3) is 3.58. The van der Waals surface area contributed by atoms with Crippen LogP contribution in [0.1, 0.15) is 10.4 Å². The molecule has 0 aliphatic carbocycles. The van der Waals surface area contributed by atoms with E-state index in [1.807, 2.05) is 0 Å². The first-order valence-corrected chi connectivity index (χ1v) is 5.87. The van der Waals surface area contributed by atoms with Crippen LogP contribution in [-0.2, 0) is 4.79 Å². The number of carboxylic acid groups (broad SMARTS) is 1. The highest BCUT2D eigenvalue weighted by Gasteiger charge is 2.04. The fourth-order valence-electron chi connectivity index (χ4n) is 1.56. The van der Waals surface area contributed by atoms with E-state index in [1.54, 1.807) is 36.4 Å². The van der Waals surface area contributed by atoms with Gasteiger partial charge in [0.2, 0.25) is 0 Å². The van der Waals surface area contributed by atoms with Gasteiger partial charge in [-0.05, 0) is 42.5 Å². The predicted molar refractivity (Wildman–Crippen MR) is 71.5 cm³/mol. The zero-order valence-corrected chi connectivity index (χ0v) is 10.5. The Morgan fingerprint density at radius 1 is 1.05 bits per heavy atom. The highest BCUT2D eigenvalue weighted by Crippen LogP contribution is 2.24. The lowest BCUT2D eigenvalue weighted by Gasteiger charge is -2.07. The fraction of sp³-hybridized carbons (Fsp3) is 0.0667. The van der Waals surface area contributed by atoms with Gasteiger partial charge in [-0.25, -0.2) is 4.79 Å². The van der Waals surface area contributed by atoms with Gasteiger partial charge in [0.15, 0.2) is 6.29 Å². The van der Waals surface area contributed by atoms with Crippen LogP contribution in [0.5, 0.6) is 17.2 Å². The summed E-state index contributed by atoms with van der Waals surface area (Å²) in [5.41, 5.74) is 0.161. The summed E-state index contributed by atoms with van der Waals surface area (Å²) in [7, 11) is 0. The third-order valence-electron chi connectivity index (χ3n) is 2.46. The van der Waals surface area contributed by atoms with Gasteiger partial charge >= 0.3 is 5.97 Å². The van der Waals surface area contributed by atoms with E-state index < -0.39 is 5.97 Å². The molecule has 0 saturated carbocycles. The smallest absolute Gasteiger partial charge is 0.335 e. The van der Waals surface area contributed by atoms with Crippen LogP contribution in [0.15, 0.2) is 48.5 Å². The van der Waals surface area contributed by atoms with E-state index in [0.717, 1.165) is 0 Å². The first-order valence-electron chi connectivity index (χ1n) is 5.87. The number of rotatable bonds is 6. The summed E-state index contributed by atoms with van der Waals surface area (Å²) in [6, 6.07) is 12.9. The topological polar surface area (TPSA) is 72.8 Å². The molecule has 102 valence electrons. The van der Waals surface area contributed by atoms with E-state index in [9.17, 15) is 9.59 Å². The Morgan fingerprint density at radius 3 is 2.40 bits per heavy atom. The normalized spacial score (nSPS) is 9.80. The van der Waals surface area contributed by atoms with Crippen LogP contribution in [0.25, 0.3) is 0 Å². The van der Waals surface area contributed by atoms with Crippen molar-refractivity contribution in [1.82, 2.24) is 0 Å². The standard InChI is InChI=1S/C15H12O5/c16-8-9-19-12-4-6-13(7-5-12)20-14-3-1-2-11(10-14)15(17)18/h1-8,10H,9H2,(H,17,18). The summed E-state index contributed by atoms with van der Waals surface area (Å²) in [5, 5.41) is 8.89. The number of hydrogen-bond acceptors (Lipinski definition) is 4. The molecule has 1 N–H and O–H groups in total. The third-order valence-corrected chi connectivity index (χ3v) is 2.46. The summed E-state index contributed by atoms with van der Waals surface area (Å²) in [6.45, 7) is 0.000854. The van der Waals surface area contributed by atoms with Crippen molar-refractivity contribution in [2.45, 2.75) is 0 Å². The van der Waals surface area contributed by atoms with Crippen molar-refractivity contribution in [3.63, 3.8) is 0 Å².